The van der Waals surface area contributed by atoms with Crippen LogP contribution in [0.1, 0.15) is 39.7 Å². The molecule has 146 valence electrons. The number of nitro benzene ring substituents is 1. The Morgan fingerprint density at radius 3 is 2.31 bits per heavy atom. The first kappa shape index (κ1) is 21.9. The Morgan fingerprint density at radius 1 is 1.31 bits per heavy atom. The van der Waals surface area contributed by atoms with Gasteiger partial charge in [0, 0.05) is 18.2 Å². The third-order valence-corrected chi connectivity index (χ3v) is 5.51. The number of hydrogen-bond acceptors (Lipinski definition) is 5. The van der Waals surface area contributed by atoms with Gasteiger partial charge in [0.05, 0.1) is 16.9 Å². The molecular formula is C17H27N3O5S. The van der Waals surface area contributed by atoms with E-state index >= 15 is 0 Å². The zero-order valence-corrected chi connectivity index (χ0v) is 16.8. The van der Waals surface area contributed by atoms with E-state index in [2.05, 4.69) is 5.32 Å². The first-order valence-corrected chi connectivity index (χ1v) is 10.3. The number of non-ortho nitro benzene ring substituents is 1. The van der Waals surface area contributed by atoms with Gasteiger partial charge in [0.1, 0.15) is 6.04 Å². The Balaban J connectivity index is 3.44. The quantitative estimate of drug-likeness (QED) is 0.546. The zero-order chi connectivity index (χ0) is 20.2. The van der Waals surface area contributed by atoms with Crippen molar-refractivity contribution >= 4 is 27.3 Å². The van der Waals surface area contributed by atoms with Crippen LogP contribution < -0.4 is 9.62 Å². The van der Waals surface area contributed by atoms with Crippen molar-refractivity contribution in [1.29, 1.82) is 0 Å². The van der Waals surface area contributed by atoms with Crippen LogP contribution in [-0.4, -0.2) is 37.6 Å². The minimum Gasteiger partial charge on any atom is -0.352 e. The molecule has 9 heteroatoms. The Kier molecular flexibility index (Phi) is 7.14. The van der Waals surface area contributed by atoms with E-state index < -0.39 is 26.9 Å². The number of amides is 1. The maximum Gasteiger partial charge on any atom is 0.271 e. The number of carbonyl (C=O) groups excluding carboxylic acids is 1. The van der Waals surface area contributed by atoms with Crippen LogP contribution in [0.5, 0.6) is 0 Å². The molecule has 1 aromatic rings. The standard InChI is InChI=1S/C17H27N3O5S/c1-7-15(17(21)18-13(5)11(2)3)19(26(6,24)25)16-10-14(20(22)23)9-8-12(16)4/h8-11,13,15H,7H2,1-6H3,(H,18,21)/t13-,15-/m0/s1. The van der Waals surface area contributed by atoms with Gasteiger partial charge in [-0.3, -0.25) is 19.2 Å². The molecule has 0 bridgehead atoms. The monoisotopic (exact) mass is 385 g/mol. The number of sulfonamides is 1. The first-order valence-electron chi connectivity index (χ1n) is 8.44. The highest BCUT2D eigenvalue weighted by atomic mass is 32.2. The van der Waals surface area contributed by atoms with Gasteiger partial charge in [-0.1, -0.05) is 26.8 Å². The highest BCUT2D eigenvalue weighted by molar-refractivity contribution is 7.92. The normalized spacial score (nSPS) is 14.0. The molecule has 1 amide bonds. The van der Waals surface area contributed by atoms with E-state index in [4.69, 9.17) is 0 Å². The van der Waals surface area contributed by atoms with Crippen molar-refractivity contribution in [1.82, 2.24) is 5.32 Å². The van der Waals surface area contributed by atoms with E-state index in [0.717, 1.165) is 10.6 Å². The lowest BCUT2D eigenvalue weighted by Crippen LogP contribution is -2.52. The zero-order valence-electron chi connectivity index (χ0n) is 16.0. The molecule has 0 aromatic heterocycles. The molecule has 0 aliphatic heterocycles. The van der Waals surface area contributed by atoms with Crippen molar-refractivity contribution in [3.8, 4) is 0 Å². The average molecular weight is 385 g/mol. The molecule has 0 radical (unpaired) electrons. The average Bonchev–Trinajstić information content (AvgIpc) is 2.51. The SMILES string of the molecule is CC[C@@H](C(=O)N[C@@H](C)C(C)C)N(c1cc([N+](=O)[O-])ccc1C)S(C)(=O)=O. The van der Waals surface area contributed by atoms with Crippen LogP contribution in [-0.2, 0) is 14.8 Å². The van der Waals surface area contributed by atoms with E-state index in [9.17, 15) is 23.3 Å². The molecule has 0 fully saturated rings. The van der Waals surface area contributed by atoms with E-state index in [1.54, 1.807) is 13.8 Å². The third-order valence-electron chi connectivity index (χ3n) is 4.34. The molecule has 2 atom stereocenters. The highest BCUT2D eigenvalue weighted by Crippen LogP contribution is 2.30. The summed E-state index contributed by atoms with van der Waals surface area (Å²) in [5.74, 6) is -0.243. The second-order valence-corrected chi connectivity index (χ2v) is 8.61. The molecule has 0 unspecified atom stereocenters. The van der Waals surface area contributed by atoms with Gasteiger partial charge in [-0.15, -0.1) is 0 Å². The van der Waals surface area contributed by atoms with Crippen molar-refractivity contribution in [2.24, 2.45) is 5.92 Å². The molecule has 1 N–H and O–H groups in total. The molecule has 1 aromatic carbocycles. The van der Waals surface area contributed by atoms with Crippen LogP contribution in [0.3, 0.4) is 0 Å². The van der Waals surface area contributed by atoms with Crippen molar-refractivity contribution in [3.63, 3.8) is 0 Å². The predicted molar refractivity (Wildman–Crippen MR) is 102 cm³/mol. The fraction of sp³-hybridized carbons (Fsp3) is 0.588. The van der Waals surface area contributed by atoms with Gasteiger partial charge in [0.25, 0.3) is 5.69 Å². The van der Waals surface area contributed by atoms with Gasteiger partial charge in [0.15, 0.2) is 0 Å². The highest BCUT2D eigenvalue weighted by Gasteiger charge is 2.34. The second kappa shape index (κ2) is 8.48. The number of hydrogen-bond donors (Lipinski definition) is 1. The second-order valence-electron chi connectivity index (χ2n) is 6.75. The van der Waals surface area contributed by atoms with Crippen LogP contribution in [0.4, 0.5) is 11.4 Å². The largest absolute Gasteiger partial charge is 0.352 e. The number of nitrogens with one attached hydrogen (secondary N) is 1. The van der Waals surface area contributed by atoms with Gasteiger partial charge in [0.2, 0.25) is 15.9 Å². The Bertz CT molecular complexity index is 777. The van der Waals surface area contributed by atoms with Gasteiger partial charge in [-0.05, 0) is 31.7 Å². The maximum absolute atomic E-state index is 12.7. The summed E-state index contributed by atoms with van der Waals surface area (Å²) in [5, 5.41) is 13.9. The third kappa shape index (κ3) is 5.17. The molecule has 0 saturated carbocycles. The van der Waals surface area contributed by atoms with E-state index in [1.807, 2.05) is 20.8 Å². The molecule has 26 heavy (non-hydrogen) atoms. The van der Waals surface area contributed by atoms with Gasteiger partial charge in [-0.25, -0.2) is 8.42 Å². The number of aryl methyl sites for hydroxylation is 1. The van der Waals surface area contributed by atoms with Gasteiger partial charge < -0.3 is 5.32 Å². The maximum atomic E-state index is 12.7. The molecule has 0 aliphatic carbocycles. The summed E-state index contributed by atoms with van der Waals surface area (Å²) in [6.07, 6.45) is 1.22. The molecular weight excluding hydrogens is 358 g/mol. The van der Waals surface area contributed by atoms with Gasteiger partial charge >= 0.3 is 0 Å². The molecule has 8 nitrogen and oxygen atoms in total. The van der Waals surface area contributed by atoms with E-state index in [-0.39, 0.29) is 29.8 Å². The summed E-state index contributed by atoms with van der Waals surface area (Å²) < 4.78 is 25.9. The summed E-state index contributed by atoms with van der Waals surface area (Å²) in [4.78, 5) is 23.2. The summed E-state index contributed by atoms with van der Waals surface area (Å²) in [6, 6.07) is 2.85. The summed E-state index contributed by atoms with van der Waals surface area (Å²) >= 11 is 0. The predicted octanol–water partition coefficient (Wildman–Crippen LogP) is 2.61. The fourth-order valence-electron chi connectivity index (χ4n) is 2.47. The molecule has 0 aliphatic rings. The number of carbonyl (C=O) groups is 1. The van der Waals surface area contributed by atoms with Gasteiger partial charge in [-0.2, -0.15) is 0 Å². The van der Waals surface area contributed by atoms with E-state index in [0.29, 0.717) is 5.56 Å². The Morgan fingerprint density at radius 2 is 1.88 bits per heavy atom. The minimum atomic E-state index is -3.85. The summed E-state index contributed by atoms with van der Waals surface area (Å²) in [6.45, 7) is 9.10. The van der Waals surface area contributed by atoms with Crippen LogP contribution in [0.25, 0.3) is 0 Å². The number of anilines is 1. The number of rotatable bonds is 8. The lowest BCUT2D eigenvalue weighted by molar-refractivity contribution is -0.384. The van der Waals surface area contributed by atoms with Crippen LogP contribution >= 0.6 is 0 Å². The number of nitrogens with zero attached hydrogens (tertiary/aromatic N) is 2. The number of nitro groups is 1. The van der Waals surface area contributed by atoms with Crippen molar-refractivity contribution in [2.45, 2.75) is 53.1 Å². The van der Waals surface area contributed by atoms with E-state index in [1.165, 1.54) is 18.2 Å². The number of benzene rings is 1. The van der Waals surface area contributed by atoms with Crippen LogP contribution in [0.2, 0.25) is 0 Å². The lowest BCUT2D eigenvalue weighted by Gasteiger charge is -2.32. The summed E-state index contributed by atoms with van der Waals surface area (Å²) in [5.41, 5.74) is 0.440. The molecule has 0 saturated heterocycles. The topological polar surface area (TPSA) is 110 Å². The lowest BCUT2D eigenvalue weighted by atomic mass is 10.1. The fourth-order valence-corrected chi connectivity index (χ4v) is 3.73. The smallest absolute Gasteiger partial charge is 0.271 e. The minimum absolute atomic E-state index is 0.135. The van der Waals surface area contributed by atoms with Crippen molar-refractivity contribution in [2.75, 3.05) is 10.6 Å². The first-order chi connectivity index (χ1) is 11.9. The van der Waals surface area contributed by atoms with Crippen molar-refractivity contribution < 1.29 is 18.1 Å². The molecule has 1 rings (SSSR count). The molecule has 0 spiro atoms. The Labute approximate surface area is 154 Å². The molecule has 0 heterocycles. The summed E-state index contributed by atoms with van der Waals surface area (Å²) in [7, 11) is -3.85. The van der Waals surface area contributed by atoms with Crippen molar-refractivity contribution in [3.05, 3.63) is 33.9 Å². The Hall–Kier alpha value is -2.16. The van der Waals surface area contributed by atoms with Crippen LogP contribution in [0.15, 0.2) is 18.2 Å². The van der Waals surface area contributed by atoms with Crippen LogP contribution in [0, 0.1) is 23.0 Å².